The first kappa shape index (κ1) is 15.9. The smallest absolute Gasteiger partial charge is 0.169 e. The molecule has 25 heavy (non-hydrogen) atoms. The van der Waals surface area contributed by atoms with Crippen LogP contribution in [0.1, 0.15) is 29.6 Å². The summed E-state index contributed by atoms with van der Waals surface area (Å²) in [7, 11) is 0. The van der Waals surface area contributed by atoms with Crippen molar-refractivity contribution in [3.8, 4) is 6.07 Å². The lowest BCUT2D eigenvalue weighted by Crippen LogP contribution is -3.10. The van der Waals surface area contributed by atoms with Crippen molar-refractivity contribution in [3.05, 3.63) is 58.2 Å². The molecule has 0 amide bonds. The molecule has 0 spiro atoms. The minimum Gasteiger partial charge on any atom is -0.506 e. The number of aromatic amines is 1. The van der Waals surface area contributed by atoms with Crippen molar-refractivity contribution >= 4 is 27.9 Å². The Morgan fingerprint density at radius 3 is 3.00 bits per heavy atom. The monoisotopic (exact) mass is 351 g/mol. The number of quaternary nitrogens is 1. The predicted octanol–water partition coefficient (Wildman–Crippen LogP) is 2.84. The SMILES string of the molecule is N#C/C(=C(/O)C[NH+]1CCC[C@@H]1c1cccs1)c1nc2ccccc2[nH]1. The first-order valence-corrected chi connectivity index (χ1v) is 9.29. The van der Waals surface area contributed by atoms with E-state index in [2.05, 4.69) is 33.5 Å². The van der Waals surface area contributed by atoms with Crippen molar-refractivity contribution in [2.24, 2.45) is 0 Å². The number of hydrogen-bond donors (Lipinski definition) is 3. The molecule has 0 radical (unpaired) electrons. The number of aliphatic hydroxyl groups excluding tert-OH is 1. The van der Waals surface area contributed by atoms with Gasteiger partial charge in [-0.15, -0.1) is 11.3 Å². The number of imidazole rings is 1. The molecule has 5 nitrogen and oxygen atoms in total. The van der Waals surface area contributed by atoms with Crippen LogP contribution >= 0.6 is 11.3 Å². The van der Waals surface area contributed by atoms with Crippen LogP contribution in [-0.2, 0) is 0 Å². The highest BCUT2D eigenvalue weighted by molar-refractivity contribution is 7.10. The minimum absolute atomic E-state index is 0.111. The van der Waals surface area contributed by atoms with Crippen LogP contribution in [0.5, 0.6) is 0 Å². The van der Waals surface area contributed by atoms with E-state index in [4.69, 9.17) is 0 Å². The number of thiophene rings is 1. The van der Waals surface area contributed by atoms with E-state index < -0.39 is 0 Å². The molecule has 1 fully saturated rings. The van der Waals surface area contributed by atoms with E-state index in [9.17, 15) is 10.4 Å². The molecule has 4 rings (SSSR count). The number of nitrogens with zero attached hydrogens (tertiary/aromatic N) is 2. The van der Waals surface area contributed by atoms with E-state index in [-0.39, 0.29) is 11.3 Å². The molecule has 0 bridgehead atoms. The molecule has 0 saturated carbocycles. The molecule has 1 aliphatic rings. The van der Waals surface area contributed by atoms with Crippen molar-refractivity contribution in [2.75, 3.05) is 13.1 Å². The van der Waals surface area contributed by atoms with Gasteiger partial charge in [-0.05, 0) is 23.6 Å². The normalized spacial score (nSPS) is 21.2. The van der Waals surface area contributed by atoms with E-state index >= 15 is 0 Å². The molecule has 1 aliphatic heterocycles. The zero-order valence-electron chi connectivity index (χ0n) is 13.7. The molecule has 2 atom stereocenters. The van der Waals surface area contributed by atoms with E-state index in [1.54, 1.807) is 11.3 Å². The van der Waals surface area contributed by atoms with Gasteiger partial charge < -0.3 is 15.0 Å². The third kappa shape index (κ3) is 3.04. The van der Waals surface area contributed by atoms with E-state index in [1.807, 2.05) is 24.3 Å². The molecule has 126 valence electrons. The highest BCUT2D eigenvalue weighted by Gasteiger charge is 2.32. The van der Waals surface area contributed by atoms with Crippen molar-refractivity contribution in [2.45, 2.75) is 18.9 Å². The largest absolute Gasteiger partial charge is 0.506 e. The standard InChI is InChI=1S/C19H18N4OS/c20-11-13(19-21-14-5-1-2-6-15(14)22-19)17(24)12-23-9-3-7-16(23)18-8-4-10-25-18/h1-2,4-6,8,10,16,24H,3,7,9,12H2,(H,21,22)/p+1/b17-13-/t16-/m1/s1. The van der Waals surface area contributed by atoms with E-state index in [1.165, 1.54) is 9.78 Å². The number of rotatable bonds is 4. The molecule has 1 unspecified atom stereocenters. The highest BCUT2D eigenvalue weighted by Crippen LogP contribution is 2.24. The summed E-state index contributed by atoms with van der Waals surface area (Å²) in [6.07, 6.45) is 2.26. The topological polar surface area (TPSA) is 77.1 Å². The van der Waals surface area contributed by atoms with Crippen LogP contribution in [0.2, 0.25) is 0 Å². The quantitative estimate of drug-likeness (QED) is 0.500. The Morgan fingerprint density at radius 1 is 1.36 bits per heavy atom. The van der Waals surface area contributed by atoms with Crippen LogP contribution in [0.4, 0.5) is 0 Å². The average molecular weight is 351 g/mol. The van der Waals surface area contributed by atoms with Gasteiger partial charge in [-0.3, -0.25) is 0 Å². The summed E-state index contributed by atoms with van der Waals surface area (Å²) in [5.74, 6) is 0.549. The van der Waals surface area contributed by atoms with Crippen LogP contribution in [0.25, 0.3) is 16.6 Å². The molecular weight excluding hydrogens is 332 g/mol. The average Bonchev–Trinajstić information content (AvgIpc) is 3.35. The van der Waals surface area contributed by atoms with Crippen LogP contribution in [0, 0.1) is 11.3 Å². The van der Waals surface area contributed by atoms with E-state index in [0.29, 0.717) is 18.4 Å². The lowest BCUT2D eigenvalue weighted by molar-refractivity contribution is -0.914. The second kappa shape index (κ2) is 6.71. The number of nitriles is 1. The van der Waals surface area contributed by atoms with Crippen LogP contribution in [-0.4, -0.2) is 28.2 Å². The van der Waals surface area contributed by atoms with Gasteiger partial charge in [0.05, 0.1) is 22.5 Å². The fraction of sp³-hybridized carbons (Fsp3) is 0.263. The summed E-state index contributed by atoms with van der Waals surface area (Å²) >= 11 is 1.76. The van der Waals surface area contributed by atoms with Gasteiger partial charge in [0.1, 0.15) is 24.2 Å². The van der Waals surface area contributed by atoms with Crippen molar-refractivity contribution in [1.82, 2.24) is 9.97 Å². The van der Waals surface area contributed by atoms with Gasteiger partial charge in [-0.1, -0.05) is 18.2 Å². The summed E-state index contributed by atoms with van der Waals surface area (Å²) in [6.45, 7) is 1.45. The Labute approximate surface area is 149 Å². The molecule has 1 saturated heterocycles. The van der Waals surface area contributed by atoms with Crippen molar-refractivity contribution in [1.29, 1.82) is 5.26 Å². The maximum absolute atomic E-state index is 10.6. The van der Waals surface area contributed by atoms with Crippen molar-refractivity contribution in [3.63, 3.8) is 0 Å². The maximum Gasteiger partial charge on any atom is 0.169 e. The van der Waals surface area contributed by atoms with Crippen LogP contribution in [0.3, 0.4) is 0 Å². The van der Waals surface area contributed by atoms with Gasteiger partial charge in [-0.2, -0.15) is 5.26 Å². The molecule has 3 N–H and O–H groups in total. The van der Waals surface area contributed by atoms with Gasteiger partial charge >= 0.3 is 0 Å². The fourth-order valence-corrected chi connectivity index (χ4v) is 4.51. The number of benzene rings is 1. The summed E-state index contributed by atoms with van der Waals surface area (Å²) in [6, 6.07) is 14.4. The van der Waals surface area contributed by atoms with Gasteiger partial charge in [-0.25, -0.2) is 4.98 Å². The first-order chi connectivity index (χ1) is 12.3. The Hall–Kier alpha value is -2.62. The lowest BCUT2D eigenvalue weighted by Gasteiger charge is -2.20. The van der Waals surface area contributed by atoms with Gasteiger partial charge in [0.25, 0.3) is 0 Å². The predicted molar refractivity (Wildman–Crippen MR) is 98.2 cm³/mol. The Morgan fingerprint density at radius 2 is 2.24 bits per heavy atom. The summed E-state index contributed by atoms with van der Waals surface area (Å²) in [5, 5.41) is 22.3. The molecule has 3 heterocycles. The number of para-hydroxylation sites is 2. The first-order valence-electron chi connectivity index (χ1n) is 8.41. The molecular formula is C19H19N4OS+. The van der Waals surface area contributed by atoms with Crippen LogP contribution in [0.15, 0.2) is 47.5 Å². The third-order valence-corrected chi connectivity index (χ3v) is 5.78. The van der Waals surface area contributed by atoms with Gasteiger partial charge in [0.15, 0.2) is 11.6 Å². The molecule has 3 aromatic rings. The summed E-state index contributed by atoms with van der Waals surface area (Å²) < 4.78 is 0. The number of allylic oxidation sites excluding steroid dienone is 1. The second-order valence-corrected chi connectivity index (χ2v) is 7.31. The number of aromatic nitrogens is 2. The van der Waals surface area contributed by atoms with Gasteiger partial charge in [0.2, 0.25) is 0 Å². The maximum atomic E-state index is 10.6. The number of likely N-dealkylation sites (tertiary alicyclic amines) is 1. The zero-order chi connectivity index (χ0) is 17.2. The number of H-pyrrole nitrogens is 1. The Kier molecular flexibility index (Phi) is 4.26. The molecule has 2 aromatic heterocycles. The highest BCUT2D eigenvalue weighted by atomic mass is 32.1. The number of hydrogen-bond acceptors (Lipinski definition) is 4. The number of fused-ring (bicyclic) bond motifs is 1. The number of nitrogens with one attached hydrogen (secondary N) is 2. The van der Waals surface area contributed by atoms with Crippen LogP contribution < -0.4 is 4.90 Å². The summed E-state index contributed by atoms with van der Waals surface area (Å²) in [4.78, 5) is 10.2. The van der Waals surface area contributed by atoms with E-state index in [0.717, 1.165) is 30.4 Å². The zero-order valence-corrected chi connectivity index (χ0v) is 14.5. The third-order valence-electron chi connectivity index (χ3n) is 4.79. The molecule has 1 aromatic carbocycles. The van der Waals surface area contributed by atoms with Crippen molar-refractivity contribution < 1.29 is 10.0 Å². The lowest BCUT2D eigenvalue weighted by atomic mass is 10.1. The summed E-state index contributed by atoms with van der Waals surface area (Å²) in [5.41, 5.74) is 1.89. The van der Waals surface area contributed by atoms with Gasteiger partial charge in [0, 0.05) is 12.8 Å². The Balaban J connectivity index is 1.62. The molecule has 6 heteroatoms. The fourth-order valence-electron chi connectivity index (χ4n) is 3.58. The second-order valence-electron chi connectivity index (χ2n) is 6.33. The molecule has 0 aliphatic carbocycles. The minimum atomic E-state index is 0.111. The Bertz CT molecular complexity index is 918. The number of aliphatic hydroxyl groups is 1.